The smallest absolute Gasteiger partial charge is 0.252 e. The number of aromatic nitrogens is 2. The number of benzene rings is 6. The Kier molecular flexibility index (Phi) is 4.61. The predicted octanol–water partition coefficient (Wildman–Crippen LogP) is 8.48. The molecule has 8 aromatic rings. The van der Waals surface area contributed by atoms with Crippen LogP contribution in [0.2, 0.25) is 0 Å². The molecule has 210 valence electrons. The molecule has 3 nitrogen and oxygen atoms in total. The van der Waals surface area contributed by atoms with E-state index in [0.29, 0.717) is 5.69 Å². The number of fused-ring (bicyclic) bond motifs is 10. The summed E-state index contributed by atoms with van der Waals surface area (Å²) < 4.78 is 5.06. The van der Waals surface area contributed by atoms with E-state index in [4.69, 9.17) is 6.57 Å². The van der Waals surface area contributed by atoms with Crippen molar-refractivity contribution in [1.29, 1.82) is 0 Å². The zero-order chi connectivity index (χ0) is 30.3. The van der Waals surface area contributed by atoms with E-state index in [1.54, 1.807) is 0 Å². The maximum Gasteiger partial charge on any atom is 0.252 e. The zero-order valence-corrected chi connectivity index (χ0v) is 25.7. The summed E-state index contributed by atoms with van der Waals surface area (Å²) in [7, 11) is 0. The zero-order valence-electron chi connectivity index (χ0n) is 25.7. The van der Waals surface area contributed by atoms with Crippen LogP contribution in [0.1, 0.15) is 22.3 Å². The molecule has 2 aliphatic heterocycles. The van der Waals surface area contributed by atoms with Gasteiger partial charge in [-0.2, -0.15) is 0 Å². The Hall–Kier alpha value is -5.53. The fourth-order valence-corrected chi connectivity index (χ4v) is 8.52. The summed E-state index contributed by atoms with van der Waals surface area (Å²) in [5.41, 5.74) is 19.7. The lowest BCUT2D eigenvalue weighted by molar-refractivity contribution is 1.14. The molecule has 45 heavy (non-hydrogen) atoms. The predicted molar refractivity (Wildman–Crippen MR) is 190 cm³/mol. The van der Waals surface area contributed by atoms with Crippen molar-refractivity contribution in [2.45, 2.75) is 27.7 Å². The van der Waals surface area contributed by atoms with Gasteiger partial charge in [-0.3, -0.25) is 0 Å². The molecule has 0 atom stereocenters. The highest BCUT2D eigenvalue weighted by molar-refractivity contribution is 7.00. The Bertz CT molecular complexity index is 2560. The van der Waals surface area contributed by atoms with E-state index >= 15 is 0 Å². The van der Waals surface area contributed by atoms with Crippen LogP contribution >= 0.6 is 0 Å². The first-order chi connectivity index (χ1) is 21.9. The average Bonchev–Trinajstić information content (AvgIpc) is 3.53. The summed E-state index contributed by atoms with van der Waals surface area (Å²) >= 11 is 0. The summed E-state index contributed by atoms with van der Waals surface area (Å²) in [5.74, 6) is 0. The van der Waals surface area contributed by atoms with Gasteiger partial charge in [0.25, 0.3) is 6.71 Å². The van der Waals surface area contributed by atoms with Crippen LogP contribution < -0.4 is 16.4 Å². The molecular formula is C41H28BN3. The third-order valence-electron chi connectivity index (χ3n) is 10.2. The van der Waals surface area contributed by atoms with Crippen molar-refractivity contribution in [1.82, 2.24) is 9.13 Å². The third kappa shape index (κ3) is 3.10. The van der Waals surface area contributed by atoms with Crippen molar-refractivity contribution in [2.24, 2.45) is 0 Å². The molecule has 2 aromatic heterocycles. The third-order valence-corrected chi connectivity index (χ3v) is 10.2. The summed E-state index contributed by atoms with van der Waals surface area (Å²) in [6.07, 6.45) is 0. The monoisotopic (exact) mass is 573 g/mol. The lowest BCUT2D eigenvalue weighted by atomic mass is 9.34. The number of nitrogens with zero attached hydrogens (tertiary/aromatic N) is 3. The molecule has 0 bridgehead atoms. The van der Waals surface area contributed by atoms with Crippen LogP contribution in [0.4, 0.5) is 5.69 Å². The Morgan fingerprint density at radius 2 is 1.07 bits per heavy atom. The van der Waals surface area contributed by atoms with Crippen molar-refractivity contribution in [2.75, 3.05) is 0 Å². The van der Waals surface area contributed by atoms with E-state index in [1.165, 1.54) is 93.6 Å². The fourth-order valence-electron chi connectivity index (χ4n) is 8.52. The van der Waals surface area contributed by atoms with Gasteiger partial charge in [0, 0.05) is 44.0 Å². The molecule has 2 aliphatic rings. The van der Waals surface area contributed by atoms with Gasteiger partial charge in [-0.15, -0.1) is 0 Å². The Morgan fingerprint density at radius 3 is 1.60 bits per heavy atom. The minimum absolute atomic E-state index is 0.110. The van der Waals surface area contributed by atoms with Crippen molar-refractivity contribution < 1.29 is 0 Å². The topological polar surface area (TPSA) is 14.2 Å². The highest BCUT2D eigenvalue weighted by Crippen LogP contribution is 2.41. The van der Waals surface area contributed by atoms with Gasteiger partial charge in [-0.05, 0) is 110 Å². The molecule has 0 saturated carbocycles. The van der Waals surface area contributed by atoms with Crippen LogP contribution in [0.3, 0.4) is 0 Å². The molecule has 6 aromatic carbocycles. The Labute approximate surface area is 261 Å². The van der Waals surface area contributed by atoms with Crippen LogP contribution in [0, 0.1) is 34.3 Å². The Balaban J connectivity index is 1.47. The van der Waals surface area contributed by atoms with Gasteiger partial charge < -0.3 is 9.13 Å². The van der Waals surface area contributed by atoms with E-state index in [9.17, 15) is 0 Å². The molecule has 10 rings (SSSR count). The number of rotatable bonds is 1. The minimum Gasteiger partial charge on any atom is -0.310 e. The number of hydrogen-bond acceptors (Lipinski definition) is 0. The van der Waals surface area contributed by atoms with Crippen molar-refractivity contribution in [3.05, 3.63) is 131 Å². The van der Waals surface area contributed by atoms with Gasteiger partial charge in [-0.25, -0.2) is 4.85 Å². The van der Waals surface area contributed by atoms with Crippen molar-refractivity contribution >= 4 is 72.4 Å². The van der Waals surface area contributed by atoms with E-state index in [2.05, 4.69) is 121 Å². The normalized spacial score (nSPS) is 12.8. The Morgan fingerprint density at radius 1 is 0.533 bits per heavy atom. The quantitative estimate of drug-likeness (QED) is 0.138. The SMILES string of the molecule is [C-]#[N+]c1cccc(-c2cc3c4c(c2)-n2c5ccc(C)cc5c5cc(C)cc(c52)B4c2cc(C)cc4c5cc(C)ccc5n-3c24)c1. The summed E-state index contributed by atoms with van der Waals surface area (Å²) in [6, 6.07) is 36.2. The van der Waals surface area contributed by atoms with Gasteiger partial charge in [0.2, 0.25) is 0 Å². The first-order valence-electron chi connectivity index (χ1n) is 15.7. The summed E-state index contributed by atoms with van der Waals surface area (Å²) in [4.78, 5) is 3.77. The second kappa shape index (κ2) is 8.34. The lowest BCUT2D eigenvalue weighted by Crippen LogP contribution is -2.59. The molecule has 0 unspecified atom stereocenters. The minimum atomic E-state index is 0.110. The van der Waals surface area contributed by atoms with Crippen molar-refractivity contribution in [3.8, 4) is 22.5 Å². The van der Waals surface area contributed by atoms with Crippen LogP contribution in [0.25, 0.3) is 71.0 Å². The first kappa shape index (κ1) is 24.9. The van der Waals surface area contributed by atoms with Gasteiger partial charge in [0.05, 0.1) is 17.6 Å². The summed E-state index contributed by atoms with van der Waals surface area (Å²) in [6.45, 7) is 16.7. The van der Waals surface area contributed by atoms with Gasteiger partial charge >= 0.3 is 0 Å². The van der Waals surface area contributed by atoms with Gasteiger partial charge in [0.1, 0.15) is 0 Å². The van der Waals surface area contributed by atoms with Crippen LogP contribution in [-0.2, 0) is 0 Å². The largest absolute Gasteiger partial charge is 0.310 e. The molecule has 4 heterocycles. The first-order valence-corrected chi connectivity index (χ1v) is 15.7. The molecule has 4 heteroatoms. The molecular weight excluding hydrogens is 545 g/mol. The highest BCUT2D eigenvalue weighted by atomic mass is 15.0. The molecule has 0 amide bonds. The fraction of sp³-hybridized carbons (Fsp3) is 0.0976. The van der Waals surface area contributed by atoms with E-state index in [-0.39, 0.29) is 6.71 Å². The van der Waals surface area contributed by atoms with Gasteiger partial charge in [-0.1, -0.05) is 64.7 Å². The lowest BCUT2D eigenvalue weighted by Gasteiger charge is -2.34. The van der Waals surface area contributed by atoms with Gasteiger partial charge in [0.15, 0.2) is 5.69 Å². The molecule has 0 radical (unpaired) electrons. The average molecular weight is 574 g/mol. The molecule has 0 fully saturated rings. The molecule has 0 aliphatic carbocycles. The number of hydrogen-bond donors (Lipinski definition) is 0. The second-order valence-corrected chi connectivity index (χ2v) is 13.2. The molecule has 0 spiro atoms. The maximum atomic E-state index is 7.71. The molecule has 0 N–H and O–H groups in total. The molecule has 0 saturated heterocycles. The van der Waals surface area contributed by atoms with Crippen LogP contribution in [-0.4, -0.2) is 15.8 Å². The van der Waals surface area contributed by atoms with E-state index < -0.39 is 0 Å². The summed E-state index contributed by atoms with van der Waals surface area (Å²) in [5, 5.41) is 5.25. The maximum absolute atomic E-state index is 7.71. The highest BCUT2D eigenvalue weighted by Gasteiger charge is 2.41. The van der Waals surface area contributed by atoms with Crippen LogP contribution in [0.5, 0.6) is 0 Å². The van der Waals surface area contributed by atoms with E-state index in [0.717, 1.165) is 11.1 Å². The standard InChI is InChI=1S/C41H28BN3/c1-22-9-11-35-29(13-22)31-15-24(3)17-33-40(31)44(35)37-20-27(26-7-6-8-28(19-26)43-5)21-38-39(37)42(33)34-18-25(4)16-32-30-14-23(2)10-12-36(30)45(38)41(32)34/h6-21H,1-4H3. The number of aryl methyl sites for hydroxylation is 4. The van der Waals surface area contributed by atoms with Crippen LogP contribution in [0.15, 0.2) is 97.1 Å². The van der Waals surface area contributed by atoms with E-state index in [1.807, 2.05) is 18.2 Å². The van der Waals surface area contributed by atoms with Crippen molar-refractivity contribution in [3.63, 3.8) is 0 Å². The second-order valence-electron chi connectivity index (χ2n) is 13.2.